The van der Waals surface area contributed by atoms with Crippen molar-refractivity contribution in [3.05, 3.63) is 0 Å². The number of rotatable bonds is 3. The third-order valence-electron chi connectivity index (χ3n) is 1.90. The maximum absolute atomic E-state index is 11.4. The summed E-state index contributed by atoms with van der Waals surface area (Å²) in [5.74, 6) is 2.22. The summed E-state index contributed by atoms with van der Waals surface area (Å²) in [6.45, 7) is 6.01. The van der Waals surface area contributed by atoms with Crippen molar-refractivity contribution in [3.63, 3.8) is 0 Å². The van der Waals surface area contributed by atoms with Gasteiger partial charge in [0.15, 0.2) is 0 Å². The smallest absolute Gasteiger partial charge is 0.408 e. The third kappa shape index (κ3) is 4.51. The van der Waals surface area contributed by atoms with E-state index in [9.17, 15) is 9.90 Å². The molecule has 1 amide bonds. The Morgan fingerprint density at radius 2 is 2.00 bits per heavy atom. The quantitative estimate of drug-likeness (QED) is 0.606. The highest BCUT2D eigenvalue weighted by atomic mass is 16.6. The van der Waals surface area contributed by atoms with Gasteiger partial charge in [-0.25, -0.2) is 4.79 Å². The van der Waals surface area contributed by atoms with Crippen LogP contribution in [0.5, 0.6) is 0 Å². The number of amides is 1. The summed E-state index contributed by atoms with van der Waals surface area (Å²) >= 11 is 0. The second-order valence-electron chi connectivity index (χ2n) is 4.67. The van der Waals surface area contributed by atoms with Gasteiger partial charge in [-0.2, -0.15) is 0 Å². The lowest BCUT2D eigenvalue weighted by molar-refractivity contribution is 0.0211. The second-order valence-corrected chi connectivity index (χ2v) is 4.67. The standard InChI is InChI=1S/C11H19NO4/c1-6-11(5,8(14)7-13)12-9(15)16-10(2,3)4/h1,8,13-14H,7H2,2-5H3,(H,12,15)/t8-,11+/m0/s1. The van der Waals surface area contributed by atoms with Crippen molar-refractivity contribution in [1.82, 2.24) is 5.32 Å². The molecule has 0 saturated carbocycles. The van der Waals surface area contributed by atoms with Gasteiger partial charge in [-0.15, -0.1) is 6.42 Å². The molecule has 0 aliphatic heterocycles. The molecule has 5 nitrogen and oxygen atoms in total. The van der Waals surface area contributed by atoms with Crippen LogP contribution < -0.4 is 5.32 Å². The maximum Gasteiger partial charge on any atom is 0.408 e. The van der Waals surface area contributed by atoms with E-state index in [4.69, 9.17) is 16.3 Å². The molecule has 16 heavy (non-hydrogen) atoms. The molecule has 92 valence electrons. The first-order valence-corrected chi connectivity index (χ1v) is 4.92. The fourth-order valence-corrected chi connectivity index (χ4v) is 0.914. The lowest BCUT2D eigenvalue weighted by Gasteiger charge is -2.30. The molecular formula is C11H19NO4. The Balaban J connectivity index is 4.57. The van der Waals surface area contributed by atoms with Crippen LogP contribution in [-0.2, 0) is 4.74 Å². The van der Waals surface area contributed by atoms with Gasteiger partial charge in [-0.1, -0.05) is 5.92 Å². The van der Waals surface area contributed by atoms with Crippen LogP contribution in [0, 0.1) is 12.3 Å². The second kappa shape index (κ2) is 5.19. The van der Waals surface area contributed by atoms with Crippen LogP contribution in [-0.4, -0.2) is 40.2 Å². The van der Waals surface area contributed by atoms with E-state index in [1.807, 2.05) is 0 Å². The van der Waals surface area contributed by atoms with Gasteiger partial charge in [0.25, 0.3) is 0 Å². The molecule has 0 aliphatic carbocycles. The molecule has 0 aliphatic rings. The molecule has 0 bridgehead atoms. The molecule has 0 aromatic heterocycles. The summed E-state index contributed by atoms with van der Waals surface area (Å²) in [6, 6.07) is 0. The van der Waals surface area contributed by atoms with E-state index in [0.717, 1.165) is 0 Å². The molecule has 0 spiro atoms. The SMILES string of the molecule is C#C[C@@](C)(NC(=O)OC(C)(C)C)[C@@H](O)CO. The van der Waals surface area contributed by atoms with Crippen molar-refractivity contribution in [2.24, 2.45) is 0 Å². The van der Waals surface area contributed by atoms with Crippen LogP contribution in [0.4, 0.5) is 4.79 Å². The summed E-state index contributed by atoms with van der Waals surface area (Å²) in [4.78, 5) is 11.4. The summed E-state index contributed by atoms with van der Waals surface area (Å²) in [5, 5.41) is 20.6. The predicted molar refractivity (Wildman–Crippen MR) is 59.7 cm³/mol. The van der Waals surface area contributed by atoms with Crippen LogP contribution in [0.3, 0.4) is 0 Å². The number of carbonyl (C=O) groups is 1. The van der Waals surface area contributed by atoms with Crippen LogP contribution in [0.2, 0.25) is 0 Å². The lowest BCUT2D eigenvalue weighted by Crippen LogP contribution is -2.55. The van der Waals surface area contributed by atoms with Gasteiger partial charge in [0.05, 0.1) is 6.61 Å². The van der Waals surface area contributed by atoms with Crippen molar-refractivity contribution in [2.45, 2.75) is 44.9 Å². The monoisotopic (exact) mass is 229 g/mol. The zero-order chi connectivity index (χ0) is 13.0. The summed E-state index contributed by atoms with van der Waals surface area (Å²) in [7, 11) is 0. The Kier molecular flexibility index (Phi) is 4.79. The van der Waals surface area contributed by atoms with Gasteiger partial charge in [0, 0.05) is 0 Å². The minimum absolute atomic E-state index is 0.545. The van der Waals surface area contributed by atoms with Gasteiger partial charge < -0.3 is 20.3 Å². The van der Waals surface area contributed by atoms with Crippen LogP contribution in [0.25, 0.3) is 0 Å². The molecule has 3 N–H and O–H groups in total. The lowest BCUT2D eigenvalue weighted by atomic mass is 9.96. The fourth-order valence-electron chi connectivity index (χ4n) is 0.914. The van der Waals surface area contributed by atoms with Gasteiger partial charge in [0.2, 0.25) is 0 Å². The maximum atomic E-state index is 11.4. The van der Waals surface area contributed by atoms with Crippen molar-refractivity contribution < 1.29 is 19.7 Å². The number of terminal acetylenes is 1. The fraction of sp³-hybridized carbons (Fsp3) is 0.727. The highest BCUT2D eigenvalue weighted by molar-refractivity contribution is 5.69. The number of alkyl carbamates (subject to hydrolysis) is 1. The first kappa shape index (κ1) is 14.8. The number of carbonyl (C=O) groups excluding carboxylic acids is 1. The summed E-state index contributed by atoms with van der Waals surface area (Å²) in [6.07, 6.45) is 3.22. The molecule has 0 aromatic rings. The topological polar surface area (TPSA) is 78.8 Å². The zero-order valence-electron chi connectivity index (χ0n) is 10.1. The molecule has 0 unspecified atom stereocenters. The Bertz CT molecular complexity index is 289. The molecule has 0 rings (SSSR count). The van der Waals surface area contributed by atoms with E-state index in [1.165, 1.54) is 6.92 Å². The van der Waals surface area contributed by atoms with E-state index in [0.29, 0.717) is 0 Å². The van der Waals surface area contributed by atoms with Crippen LogP contribution in [0.15, 0.2) is 0 Å². The number of aliphatic hydroxyl groups is 2. The van der Waals surface area contributed by atoms with Gasteiger partial charge in [-0.3, -0.25) is 0 Å². The summed E-state index contributed by atoms with van der Waals surface area (Å²) in [5.41, 5.74) is -2.00. The number of ether oxygens (including phenoxy) is 1. The van der Waals surface area contributed by atoms with E-state index in [-0.39, 0.29) is 0 Å². The minimum atomic E-state index is -1.35. The molecule has 2 atom stereocenters. The first-order chi connectivity index (χ1) is 7.14. The third-order valence-corrected chi connectivity index (χ3v) is 1.90. The van der Waals surface area contributed by atoms with Crippen molar-refractivity contribution in [3.8, 4) is 12.3 Å². The molecule has 0 saturated heterocycles. The average Bonchev–Trinajstić information content (AvgIpc) is 2.13. The van der Waals surface area contributed by atoms with Crippen molar-refractivity contribution in [2.75, 3.05) is 6.61 Å². The predicted octanol–water partition coefficient (Wildman–Crippen LogP) is 0.256. The number of nitrogens with one attached hydrogen (secondary N) is 1. The van der Waals surface area contributed by atoms with Crippen molar-refractivity contribution in [1.29, 1.82) is 0 Å². The molecular weight excluding hydrogens is 210 g/mol. The zero-order valence-corrected chi connectivity index (χ0v) is 10.1. The van der Waals surface area contributed by atoms with Gasteiger partial charge in [0.1, 0.15) is 17.2 Å². The minimum Gasteiger partial charge on any atom is -0.444 e. The molecule has 0 heterocycles. The van der Waals surface area contributed by atoms with Gasteiger partial charge >= 0.3 is 6.09 Å². The van der Waals surface area contributed by atoms with Crippen molar-refractivity contribution >= 4 is 6.09 Å². The highest BCUT2D eigenvalue weighted by Gasteiger charge is 2.33. The average molecular weight is 229 g/mol. The van der Waals surface area contributed by atoms with E-state index in [2.05, 4.69) is 11.2 Å². The highest BCUT2D eigenvalue weighted by Crippen LogP contribution is 2.12. The molecule has 5 heteroatoms. The largest absolute Gasteiger partial charge is 0.444 e. The Morgan fingerprint density at radius 3 is 2.31 bits per heavy atom. The Hall–Kier alpha value is -1.25. The van der Waals surface area contributed by atoms with E-state index < -0.39 is 29.9 Å². The molecule has 0 aromatic carbocycles. The van der Waals surface area contributed by atoms with Crippen LogP contribution in [0.1, 0.15) is 27.7 Å². The molecule has 0 radical (unpaired) electrons. The normalized spacial score (nSPS) is 16.8. The number of hydrogen-bond donors (Lipinski definition) is 3. The summed E-state index contributed by atoms with van der Waals surface area (Å²) < 4.78 is 4.99. The van der Waals surface area contributed by atoms with Gasteiger partial charge in [-0.05, 0) is 27.7 Å². The Labute approximate surface area is 95.8 Å². The van der Waals surface area contributed by atoms with Crippen LogP contribution >= 0.6 is 0 Å². The first-order valence-electron chi connectivity index (χ1n) is 4.92. The van der Waals surface area contributed by atoms with E-state index >= 15 is 0 Å². The van der Waals surface area contributed by atoms with E-state index in [1.54, 1.807) is 20.8 Å². The number of hydrogen-bond acceptors (Lipinski definition) is 4. The number of aliphatic hydroxyl groups excluding tert-OH is 2. The molecule has 0 fully saturated rings. The Morgan fingerprint density at radius 1 is 1.50 bits per heavy atom.